The number of fused-ring (bicyclic) bond motifs is 1. The van der Waals surface area contributed by atoms with Crippen LogP contribution in [0.2, 0.25) is 5.02 Å². The number of nitrogens with one attached hydrogen (secondary N) is 2. The standard InChI is InChI=1S/C17H13ClN2O3/c1-10(21)19-13-4-6-14(7-5-13)23-17(22)16-8-11-2-3-12(18)9-15(11)20-16/h2-9,20H,1H3,(H,19,21). The number of aromatic amines is 1. The summed E-state index contributed by atoms with van der Waals surface area (Å²) in [5.41, 5.74) is 1.75. The van der Waals surface area contributed by atoms with E-state index < -0.39 is 5.97 Å². The van der Waals surface area contributed by atoms with Crippen molar-refractivity contribution in [2.24, 2.45) is 0 Å². The van der Waals surface area contributed by atoms with Gasteiger partial charge in [-0.25, -0.2) is 4.79 Å². The van der Waals surface area contributed by atoms with Gasteiger partial charge in [-0.2, -0.15) is 0 Å². The molecule has 0 unspecified atom stereocenters. The highest BCUT2D eigenvalue weighted by molar-refractivity contribution is 6.31. The third-order valence-corrected chi connectivity index (χ3v) is 3.42. The first-order chi connectivity index (χ1) is 11.0. The van der Waals surface area contributed by atoms with Crippen molar-refractivity contribution in [1.29, 1.82) is 0 Å². The van der Waals surface area contributed by atoms with E-state index >= 15 is 0 Å². The number of hydrogen-bond donors (Lipinski definition) is 2. The molecule has 0 radical (unpaired) electrons. The second-order valence-corrected chi connectivity index (χ2v) is 5.45. The Hall–Kier alpha value is -2.79. The van der Waals surface area contributed by atoms with E-state index in [1.165, 1.54) is 6.92 Å². The zero-order chi connectivity index (χ0) is 16.4. The van der Waals surface area contributed by atoms with Crippen LogP contribution in [0.4, 0.5) is 5.69 Å². The van der Waals surface area contributed by atoms with Crippen molar-refractivity contribution in [2.45, 2.75) is 6.92 Å². The first kappa shape index (κ1) is 15.1. The Morgan fingerprint density at radius 2 is 1.83 bits per heavy atom. The van der Waals surface area contributed by atoms with E-state index in [0.717, 1.165) is 10.9 Å². The van der Waals surface area contributed by atoms with Gasteiger partial charge in [0.25, 0.3) is 0 Å². The average molecular weight is 329 g/mol. The summed E-state index contributed by atoms with van der Waals surface area (Å²) in [4.78, 5) is 26.1. The molecule has 1 amide bonds. The van der Waals surface area contributed by atoms with E-state index in [-0.39, 0.29) is 5.91 Å². The van der Waals surface area contributed by atoms with E-state index in [4.69, 9.17) is 16.3 Å². The summed E-state index contributed by atoms with van der Waals surface area (Å²) in [7, 11) is 0. The number of halogens is 1. The fraction of sp³-hybridized carbons (Fsp3) is 0.0588. The molecule has 0 aliphatic heterocycles. The van der Waals surface area contributed by atoms with Crippen LogP contribution in [-0.4, -0.2) is 16.9 Å². The van der Waals surface area contributed by atoms with Crippen LogP contribution in [0.15, 0.2) is 48.5 Å². The number of ether oxygens (including phenoxy) is 1. The Morgan fingerprint density at radius 3 is 2.52 bits per heavy atom. The van der Waals surface area contributed by atoms with Crippen LogP contribution in [-0.2, 0) is 4.79 Å². The van der Waals surface area contributed by atoms with Gasteiger partial charge in [-0.15, -0.1) is 0 Å². The van der Waals surface area contributed by atoms with Gasteiger partial charge in [0.1, 0.15) is 11.4 Å². The van der Waals surface area contributed by atoms with Crippen molar-refractivity contribution in [1.82, 2.24) is 4.98 Å². The van der Waals surface area contributed by atoms with E-state index in [1.807, 2.05) is 6.07 Å². The summed E-state index contributed by atoms with van der Waals surface area (Å²) in [5, 5.41) is 4.11. The fourth-order valence-electron chi connectivity index (χ4n) is 2.18. The van der Waals surface area contributed by atoms with Crippen molar-refractivity contribution in [3.8, 4) is 5.75 Å². The molecule has 0 bridgehead atoms. The molecular weight excluding hydrogens is 316 g/mol. The first-order valence-corrected chi connectivity index (χ1v) is 7.27. The number of benzene rings is 2. The zero-order valence-electron chi connectivity index (χ0n) is 12.2. The Balaban J connectivity index is 1.76. The van der Waals surface area contributed by atoms with Gasteiger partial charge in [0, 0.05) is 28.5 Å². The number of H-pyrrole nitrogens is 1. The summed E-state index contributed by atoms with van der Waals surface area (Å²) in [6.45, 7) is 1.43. The molecule has 0 aliphatic carbocycles. The molecule has 1 aromatic heterocycles. The summed E-state index contributed by atoms with van der Waals surface area (Å²) in [6, 6.07) is 13.6. The van der Waals surface area contributed by atoms with E-state index in [9.17, 15) is 9.59 Å². The fourth-order valence-corrected chi connectivity index (χ4v) is 2.35. The lowest BCUT2D eigenvalue weighted by molar-refractivity contribution is -0.114. The predicted octanol–water partition coefficient (Wildman–Crippen LogP) is 4.00. The molecule has 2 N–H and O–H groups in total. The number of aromatic nitrogens is 1. The maximum Gasteiger partial charge on any atom is 0.360 e. The van der Waals surface area contributed by atoms with Gasteiger partial charge in [-0.1, -0.05) is 17.7 Å². The molecule has 3 aromatic rings. The molecule has 0 aliphatic rings. The predicted molar refractivity (Wildman–Crippen MR) is 89.0 cm³/mol. The Bertz CT molecular complexity index is 884. The maximum atomic E-state index is 12.2. The molecule has 0 fully saturated rings. The summed E-state index contributed by atoms with van der Waals surface area (Å²) >= 11 is 5.92. The van der Waals surface area contributed by atoms with Crippen LogP contribution in [0.5, 0.6) is 5.75 Å². The largest absolute Gasteiger partial charge is 0.422 e. The lowest BCUT2D eigenvalue weighted by Gasteiger charge is -2.05. The van der Waals surface area contributed by atoms with E-state index in [0.29, 0.717) is 22.2 Å². The Morgan fingerprint density at radius 1 is 1.09 bits per heavy atom. The number of carbonyl (C=O) groups is 2. The molecule has 0 spiro atoms. The summed E-state index contributed by atoms with van der Waals surface area (Å²) in [5.74, 6) is -0.267. The number of rotatable bonds is 3. The van der Waals surface area contributed by atoms with Gasteiger partial charge in [0.05, 0.1) is 0 Å². The minimum Gasteiger partial charge on any atom is -0.422 e. The van der Waals surface area contributed by atoms with Crippen LogP contribution in [0.1, 0.15) is 17.4 Å². The van der Waals surface area contributed by atoms with Crippen LogP contribution >= 0.6 is 11.6 Å². The van der Waals surface area contributed by atoms with Crippen molar-refractivity contribution < 1.29 is 14.3 Å². The number of esters is 1. The number of amides is 1. The third kappa shape index (κ3) is 3.52. The lowest BCUT2D eigenvalue weighted by Crippen LogP contribution is -2.09. The second kappa shape index (κ2) is 6.14. The lowest BCUT2D eigenvalue weighted by atomic mass is 10.2. The molecule has 23 heavy (non-hydrogen) atoms. The van der Waals surface area contributed by atoms with Crippen molar-refractivity contribution in [2.75, 3.05) is 5.32 Å². The second-order valence-electron chi connectivity index (χ2n) is 5.01. The molecule has 116 valence electrons. The van der Waals surface area contributed by atoms with Crippen LogP contribution < -0.4 is 10.1 Å². The smallest absolute Gasteiger partial charge is 0.360 e. The number of hydrogen-bond acceptors (Lipinski definition) is 3. The first-order valence-electron chi connectivity index (χ1n) is 6.89. The molecule has 0 saturated carbocycles. The van der Waals surface area contributed by atoms with Gasteiger partial charge in [0.2, 0.25) is 5.91 Å². The van der Waals surface area contributed by atoms with Crippen LogP contribution in [0.25, 0.3) is 10.9 Å². The quantitative estimate of drug-likeness (QED) is 0.564. The van der Waals surface area contributed by atoms with Crippen LogP contribution in [0, 0.1) is 0 Å². The summed E-state index contributed by atoms with van der Waals surface area (Å²) in [6.07, 6.45) is 0. The highest BCUT2D eigenvalue weighted by Crippen LogP contribution is 2.21. The van der Waals surface area contributed by atoms with Gasteiger partial charge in [0.15, 0.2) is 0 Å². The monoisotopic (exact) mass is 328 g/mol. The molecule has 6 heteroatoms. The molecule has 3 rings (SSSR count). The van der Waals surface area contributed by atoms with E-state index in [1.54, 1.807) is 42.5 Å². The van der Waals surface area contributed by atoms with Crippen molar-refractivity contribution >= 4 is 40.1 Å². The highest BCUT2D eigenvalue weighted by atomic mass is 35.5. The Labute approximate surface area is 137 Å². The molecule has 5 nitrogen and oxygen atoms in total. The Kier molecular flexibility index (Phi) is 4.04. The van der Waals surface area contributed by atoms with Crippen LogP contribution in [0.3, 0.4) is 0 Å². The SMILES string of the molecule is CC(=O)Nc1ccc(OC(=O)c2cc3ccc(Cl)cc3[nH]2)cc1. The number of anilines is 1. The van der Waals surface area contributed by atoms with Crippen molar-refractivity contribution in [3.63, 3.8) is 0 Å². The van der Waals surface area contributed by atoms with Crippen molar-refractivity contribution in [3.05, 3.63) is 59.2 Å². The van der Waals surface area contributed by atoms with Gasteiger partial charge in [-0.05, 0) is 42.5 Å². The summed E-state index contributed by atoms with van der Waals surface area (Å²) < 4.78 is 5.30. The molecular formula is C17H13ClN2O3. The van der Waals surface area contributed by atoms with E-state index in [2.05, 4.69) is 10.3 Å². The minimum absolute atomic E-state index is 0.161. The minimum atomic E-state index is -0.496. The maximum absolute atomic E-state index is 12.2. The highest BCUT2D eigenvalue weighted by Gasteiger charge is 2.12. The topological polar surface area (TPSA) is 71.2 Å². The molecule has 2 aromatic carbocycles. The average Bonchev–Trinajstić information content (AvgIpc) is 2.92. The normalized spacial score (nSPS) is 10.5. The zero-order valence-corrected chi connectivity index (χ0v) is 13.0. The molecule has 0 saturated heterocycles. The molecule has 0 atom stereocenters. The third-order valence-electron chi connectivity index (χ3n) is 3.19. The molecule has 1 heterocycles. The number of carbonyl (C=O) groups excluding carboxylic acids is 2. The van der Waals surface area contributed by atoms with Gasteiger partial charge < -0.3 is 15.0 Å². The van der Waals surface area contributed by atoms with Gasteiger partial charge in [-0.3, -0.25) is 4.79 Å². The van der Waals surface area contributed by atoms with Gasteiger partial charge >= 0.3 is 5.97 Å².